The molecule has 2 aliphatic heterocycles. The van der Waals surface area contributed by atoms with Gasteiger partial charge in [-0.05, 0) is 37.6 Å². The van der Waals surface area contributed by atoms with Gasteiger partial charge in [0.15, 0.2) is 0 Å². The topological polar surface area (TPSA) is 58.6 Å². The van der Waals surface area contributed by atoms with Crippen LogP contribution in [-0.4, -0.2) is 58.4 Å². The van der Waals surface area contributed by atoms with E-state index in [1.54, 1.807) is 4.31 Å². The number of hydrogen-bond donors (Lipinski definition) is 1. The number of hydrogen-bond acceptors (Lipinski definition) is 4. The van der Waals surface area contributed by atoms with Gasteiger partial charge in [-0.1, -0.05) is 0 Å². The Kier molecular flexibility index (Phi) is 5.00. The zero-order chi connectivity index (χ0) is 13.0. The first-order valence-electron chi connectivity index (χ1n) is 6.79. The molecule has 0 amide bonds. The lowest BCUT2D eigenvalue weighted by molar-refractivity contribution is 0.0588. The Balaban J connectivity index is 1.69. The number of piperidine rings is 1. The monoisotopic (exact) mass is 276 g/mol. The summed E-state index contributed by atoms with van der Waals surface area (Å²) in [7, 11) is -3.03. The van der Waals surface area contributed by atoms with Crippen LogP contribution >= 0.6 is 0 Å². The molecule has 0 aliphatic carbocycles. The molecule has 0 aromatic rings. The van der Waals surface area contributed by atoms with E-state index in [9.17, 15) is 8.42 Å². The van der Waals surface area contributed by atoms with Crippen LogP contribution in [0.25, 0.3) is 0 Å². The van der Waals surface area contributed by atoms with Crippen molar-refractivity contribution in [3.8, 4) is 0 Å². The number of nitrogens with zero attached hydrogens (tertiary/aromatic N) is 1. The lowest BCUT2D eigenvalue weighted by Crippen LogP contribution is -2.40. The molecule has 1 N–H and O–H groups in total. The van der Waals surface area contributed by atoms with E-state index in [4.69, 9.17) is 4.74 Å². The smallest absolute Gasteiger partial charge is 0.211 e. The van der Waals surface area contributed by atoms with E-state index in [-0.39, 0.29) is 0 Å². The SMILES string of the molecule is CS(=O)(=O)N1CCCC(COCC2CCNC2)C1. The molecule has 0 radical (unpaired) electrons. The third kappa shape index (κ3) is 4.19. The standard InChI is InChI=1S/C12H24N2O3S/c1-18(15,16)14-6-2-3-12(8-14)10-17-9-11-4-5-13-7-11/h11-13H,2-10H2,1H3. The molecule has 0 spiro atoms. The highest BCUT2D eigenvalue weighted by Gasteiger charge is 2.26. The third-order valence-electron chi connectivity index (χ3n) is 3.82. The highest BCUT2D eigenvalue weighted by molar-refractivity contribution is 7.88. The van der Waals surface area contributed by atoms with E-state index >= 15 is 0 Å². The molecule has 2 saturated heterocycles. The van der Waals surface area contributed by atoms with Crippen LogP contribution in [0.1, 0.15) is 19.3 Å². The van der Waals surface area contributed by atoms with E-state index in [2.05, 4.69) is 5.32 Å². The number of ether oxygens (including phenoxy) is 1. The maximum atomic E-state index is 11.5. The van der Waals surface area contributed by atoms with Crippen LogP contribution in [0.5, 0.6) is 0 Å². The molecule has 5 nitrogen and oxygen atoms in total. The van der Waals surface area contributed by atoms with Gasteiger partial charge >= 0.3 is 0 Å². The van der Waals surface area contributed by atoms with Gasteiger partial charge in [0, 0.05) is 19.6 Å². The fraction of sp³-hybridized carbons (Fsp3) is 1.00. The van der Waals surface area contributed by atoms with Gasteiger partial charge < -0.3 is 10.1 Å². The van der Waals surface area contributed by atoms with Crippen molar-refractivity contribution in [1.29, 1.82) is 0 Å². The van der Waals surface area contributed by atoms with E-state index in [0.717, 1.165) is 32.5 Å². The molecule has 0 bridgehead atoms. The highest BCUT2D eigenvalue weighted by atomic mass is 32.2. The van der Waals surface area contributed by atoms with Crippen LogP contribution < -0.4 is 5.32 Å². The molecule has 0 aromatic carbocycles. The lowest BCUT2D eigenvalue weighted by atomic mass is 10.0. The minimum absolute atomic E-state index is 0.364. The largest absolute Gasteiger partial charge is 0.381 e. The van der Waals surface area contributed by atoms with Crippen molar-refractivity contribution < 1.29 is 13.2 Å². The van der Waals surface area contributed by atoms with Gasteiger partial charge in [0.1, 0.15) is 0 Å². The molecule has 2 unspecified atom stereocenters. The second kappa shape index (κ2) is 6.32. The van der Waals surface area contributed by atoms with Gasteiger partial charge in [-0.25, -0.2) is 12.7 Å². The van der Waals surface area contributed by atoms with Crippen molar-refractivity contribution >= 4 is 10.0 Å². The van der Waals surface area contributed by atoms with Crippen LogP contribution in [0.15, 0.2) is 0 Å². The molecule has 2 aliphatic rings. The van der Waals surface area contributed by atoms with E-state index in [1.807, 2.05) is 0 Å². The Morgan fingerprint density at radius 2 is 2.06 bits per heavy atom. The lowest BCUT2D eigenvalue weighted by Gasteiger charge is -2.30. The van der Waals surface area contributed by atoms with E-state index in [0.29, 0.717) is 31.5 Å². The van der Waals surface area contributed by atoms with Crippen molar-refractivity contribution in [1.82, 2.24) is 9.62 Å². The van der Waals surface area contributed by atoms with E-state index < -0.39 is 10.0 Å². The Morgan fingerprint density at radius 3 is 2.72 bits per heavy atom. The summed E-state index contributed by atoms with van der Waals surface area (Å²) in [5.74, 6) is 1.00. The first-order valence-corrected chi connectivity index (χ1v) is 8.64. The maximum absolute atomic E-state index is 11.5. The Morgan fingerprint density at radius 1 is 1.28 bits per heavy atom. The molecule has 2 rings (SSSR count). The zero-order valence-electron chi connectivity index (χ0n) is 11.1. The summed E-state index contributed by atoms with van der Waals surface area (Å²) >= 11 is 0. The molecule has 0 saturated carbocycles. The minimum atomic E-state index is -3.03. The molecular weight excluding hydrogens is 252 g/mol. The normalized spacial score (nSPS) is 30.7. The van der Waals surface area contributed by atoms with Gasteiger partial charge in [-0.3, -0.25) is 0 Å². The second-order valence-electron chi connectivity index (χ2n) is 5.53. The quantitative estimate of drug-likeness (QED) is 0.784. The number of nitrogens with one attached hydrogen (secondary N) is 1. The summed E-state index contributed by atoms with van der Waals surface area (Å²) in [4.78, 5) is 0. The summed E-state index contributed by atoms with van der Waals surface area (Å²) in [6.45, 7) is 4.95. The van der Waals surface area contributed by atoms with Crippen LogP contribution in [0, 0.1) is 11.8 Å². The Labute approximate surface area is 110 Å². The van der Waals surface area contributed by atoms with Crippen LogP contribution in [0.3, 0.4) is 0 Å². The fourth-order valence-electron chi connectivity index (χ4n) is 2.72. The summed E-state index contributed by atoms with van der Waals surface area (Å²) in [5.41, 5.74) is 0. The summed E-state index contributed by atoms with van der Waals surface area (Å²) in [6, 6.07) is 0. The molecule has 2 heterocycles. The Hall–Kier alpha value is -0.170. The first-order chi connectivity index (χ1) is 8.55. The second-order valence-corrected chi connectivity index (χ2v) is 7.51. The van der Waals surface area contributed by atoms with Gasteiger partial charge in [0.05, 0.1) is 19.5 Å². The van der Waals surface area contributed by atoms with Crippen molar-refractivity contribution in [2.24, 2.45) is 11.8 Å². The van der Waals surface area contributed by atoms with Crippen molar-refractivity contribution in [3.63, 3.8) is 0 Å². The van der Waals surface area contributed by atoms with Crippen molar-refractivity contribution in [3.05, 3.63) is 0 Å². The fourth-order valence-corrected chi connectivity index (χ4v) is 3.66. The molecule has 2 atom stereocenters. The van der Waals surface area contributed by atoms with Gasteiger partial charge in [0.2, 0.25) is 10.0 Å². The highest BCUT2D eigenvalue weighted by Crippen LogP contribution is 2.19. The summed E-state index contributed by atoms with van der Waals surface area (Å²) < 4.78 is 30.3. The molecule has 106 valence electrons. The van der Waals surface area contributed by atoms with Crippen molar-refractivity contribution in [2.45, 2.75) is 19.3 Å². The minimum Gasteiger partial charge on any atom is -0.381 e. The van der Waals surface area contributed by atoms with Gasteiger partial charge in [-0.15, -0.1) is 0 Å². The maximum Gasteiger partial charge on any atom is 0.211 e. The molecule has 0 aromatic heterocycles. The number of rotatable bonds is 5. The Bertz CT molecular complexity index is 352. The van der Waals surface area contributed by atoms with Crippen LogP contribution in [0.2, 0.25) is 0 Å². The average molecular weight is 276 g/mol. The average Bonchev–Trinajstić information content (AvgIpc) is 2.81. The zero-order valence-corrected chi connectivity index (χ0v) is 11.9. The number of sulfonamides is 1. The van der Waals surface area contributed by atoms with Gasteiger partial charge in [0.25, 0.3) is 0 Å². The van der Waals surface area contributed by atoms with Crippen LogP contribution in [-0.2, 0) is 14.8 Å². The molecule has 2 fully saturated rings. The third-order valence-corrected chi connectivity index (χ3v) is 5.09. The van der Waals surface area contributed by atoms with Crippen LogP contribution in [0.4, 0.5) is 0 Å². The van der Waals surface area contributed by atoms with Gasteiger partial charge in [-0.2, -0.15) is 0 Å². The molecule has 18 heavy (non-hydrogen) atoms. The summed E-state index contributed by atoms with van der Waals surface area (Å²) in [5, 5.41) is 3.32. The van der Waals surface area contributed by atoms with Crippen molar-refractivity contribution in [2.75, 3.05) is 45.6 Å². The molecular formula is C12H24N2O3S. The predicted octanol–water partition coefficient (Wildman–Crippen LogP) is 0.284. The predicted molar refractivity (Wildman–Crippen MR) is 70.9 cm³/mol. The first kappa shape index (κ1) is 14.2. The summed E-state index contributed by atoms with van der Waals surface area (Å²) in [6.07, 6.45) is 4.52. The molecule has 6 heteroatoms. The van der Waals surface area contributed by atoms with E-state index in [1.165, 1.54) is 12.7 Å².